The SMILES string of the molecule is CC(CS(=O)(=O)[O-])[N+](=O)[O-]. The number of nitrogens with zero attached hydrogens (tertiary/aromatic N) is 1. The molecule has 7 heteroatoms. The van der Waals surface area contributed by atoms with Crippen molar-refractivity contribution in [3.63, 3.8) is 0 Å². The minimum atomic E-state index is -4.46. The van der Waals surface area contributed by atoms with Gasteiger partial charge in [0.1, 0.15) is 15.9 Å². The molecule has 10 heavy (non-hydrogen) atoms. The quantitative estimate of drug-likeness (QED) is 0.312. The van der Waals surface area contributed by atoms with E-state index in [1.807, 2.05) is 0 Å². The Morgan fingerprint density at radius 2 is 2.00 bits per heavy atom. The standard InChI is InChI=1S/C3H7NO5S/c1-3(4(5)6)2-10(7,8)9/h3H,2H2,1H3,(H,7,8,9)/p-1. The molecule has 6 nitrogen and oxygen atoms in total. The maximum absolute atomic E-state index is 9.89. The molecule has 0 aromatic carbocycles. The van der Waals surface area contributed by atoms with Gasteiger partial charge in [0.25, 0.3) is 0 Å². The van der Waals surface area contributed by atoms with Crippen molar-refractivity contribution in [2.45, 2.75) is 13.0 Å². The Hall–Kier alpha value is -0.690. The summed E-state index contributed by atoms with van der Waals surface area (Å²) in [4.78, 5) is 8.97. The van der Waals surface area contributed by atoms with Crippen molar-refractivity contribution >= 4 is 10.1 Å². The van der Waals surface area contributed by atoms with Gasteiger partial charge >= 0.3 is 0 Å². The van der Waals surface area contributed by atoms with Gasteiger partial charge in [-0.3, -0.25) is 10.1 Å². The maximum atomic E-state index is 9.89. The molecule has 0 aliphatic carbocycles. The molecular formula is C3H6NO5S-. The highest BCUT2D eigenvalue weighted by Gasteiger charge is 2.15. The van der Waals surface area contributed by atoms with Crippen LogP contribution >= 0.6 is 0 Å². The first-order valence-corrected chi connectivity index (χ1v) is 3.97. The Balaban J connectivity index is 4.06. The van der Waals surface area contributed by atoms with Crippen molar-refractivity contribution in [3.8, 4) is 0 Å². The zero-order valence-electron chi connectivity index (χ0n) is 5.18. The van der Waals surface area contributed by atoms with Crippen molar-refractivity contribution in [1.82, 2.24) is 0 Å². The molecule has 0 aliphatic rings. The lowest BCUT2D eigenvalue weighted by Crippen LogP contribution is -2.25. The molecule has 0 bridgehead atoms. The van der Waals surface area contributed by atoms with E-state index in [4.69, 9.17) is 0 Å². The molecule has 0 rings (SSSR count). The average Bonchev–Trinajstić information content (AvgIpc) is 1.60. The molecule has 0 heterocycles. The Bertz CT molecular complexity index is 219. The third-order valence-corrected chi connectivity index (χ3v) is 1.70. The van der Waals surface area contributed by atoms with E-state index < -0.39 is 26.8 Å². The molecule has 0 amide bonds. The van der Waals surface area contributed by atoms with Crippen LogP contribution in [0.15, 0.2) is 0 Å². The minimum absolute atomic E-state index is 0.810. The van der Waals surface area contributed by atoms with Gasteiger partial charge in [-0.15, -0.1) is 0 Å². The van der Waals surface area contributed by atoms with Crippen molar-refractivity contribution < 1.29 is 17.9 Å². The fourth-order valence-corrected chi connectivity index (χ4v) is 1.07. The Morgan fingerprint density at radius 3 is 2.10 bits per heavy atom. The van der Waals surface area contributed by atoms with Gasteiger partial charge in [0.15, 0.2) is 0 Å². The predicted octanol–water partition coefficient (Wildman–Crippen LogP) is -0.803. The van der Waals surface area contributed by atoms with Gasteiger partial charge in [-0.25, -0.2) is 8.42 Å². The highest BCUT2D eigenvalue weighted by molar-refractivity contribution is 7.85. The zero-order chi connectivity index (χ0) is 8.36. The largest absolute Gasteiger partial charge is 0.748 e. The van der Waals surface area contributed by atoms with Crippen LogP contribution in [0.1, 0.15) is 6.92 Å². The molecule has 0 aromatic heterocycles. The summed E-state index contributed by atoms with van der Waals surface area (Å²) in [5.74, 6) is -0.944. The van der Waals surface area contributed by atoms with Crippen LogP contribution in [-0.2, 0) is 10.1 Å². The lowest BCUT2D eigenvalue weighted by Gasteiger charge is -2.06. The minimum Gasteiger partial charge on any atom is -0.748 e. The fourth-order valence-electron chi connectivity index (χ4n) is 0.356. The molecule has 1 atom stereocenters. The molecule has 0 aromatic rings. The van der Waals surface area contributed by atoms with Gasteiger partial charge < -0.3 is 4.55 Å². The first-order chi connectivity index (χ1) is 4.33. The first kappa shape index (κ1) is 9.31. The highest BCUT2D eigenvalue weighted by Crippen LogP contribution is 1.92. The zero-order valence-corrected chi connectivity index (χ0v) is 6.00. The fraction of sp³-hybridized carbons (Fsp3) is 1.00. The summed E-state index contributed by atoms with van der Waals surface area (Å²) >= 11 is 0. The van der Waals surface area contributed by atoms with Crippen LogP contribution in [0.25, 0.3) is 0 Å². The molecule has 0 N–H and O–H groups in total. The maximum Gasteiger partial charge on any atom is 0.223 e. The van der Waals surface area contributed by atoms with E-state index in [-0.39, 0.29) is 0 Å². The van der Waals surface area contributed by atoms with Crippen molar-refractivity contribution in [2.75, 3.05) is 5.75 Å². The van der Waals surface area contributed by atoms with Gasteiger partial charge in [0.05, 0.1) is 0 Å². The van der Waals surface area contributed by atoms with E-state index >= 15 is 0 Å². The third kappa shape index (κ3) is 4.21. The third-order valence-electron chi connectivity index (χ3n) is 0.805. The van der Waals surface area contributed by atoms with Gasteiger partial charge in [0, 0.05) is 11.8 Å². The lowest BCUT2D eigenvalue weighted by atomic mass is 10.4. The van der Waals surface area contributed by atoms with Crippen LogP contribution in [0.5, 0.6) is 0 Å². The molecule has 60 valence electrons. The lowest BCUT2D eigenvalue weighted by molar-refractivity contribution is -0.512. The van der Waals surface area contributed by atoms with Crippen LogP contribution in [-0.4, -0.2) is 29.7 Å². The van der Waals surface area contributed by atoms with E-state index in [1.54, 1.807) is 0 Å². The van der Waals surface area contributed by atoms with E-state index in [9.17, 15) is 23.1 Å². The Morgan fingerprint density at radius 1 is 1.60 bits per heavy atom. The summed E-state index contributed by atoms with van der Waals surface area (Å²) in [6, 6.07) is -1.32. The van der Waals surface area contributed by atoms with E-state index in [1.165, 1.54) is 0 Å². The summed E-state index contributed by atoms with van der Waals surface area (Å²) in [6.45, 7) is 1.06. The summed E-state index contributed by atoms with van der Waals surface area (Å²) in [6.07, 6.45) is 0. The van der Waals surface area contributed by atoms with Crippen LogP contribution < -0.4 is 0 Å². The van der Waals surface area contributed by atoms with Crippen LogP contribution in [0, 0.1) is 10.1 Å². The summed E-state index contributed by atoms with van der Waals surface area (Å²) in [7, 11) is -4.46. The van der Waals surface area contributed by atoms with Gasteiger partial charge in [-0.2, -0.15) is 0 Å². The molecule has 0 fully saturated rings. The Kier molecular flexibility index (Phi) is 2.73. The summed E-state index contributed by atoms with van der Waals surface area (Å²) in [5.41, 5.74) is 0. The first-order valence-electron chi connectivity index (χ1n) is 2.40. The summed E-state index contributed by atoms with van der Waals surface area (Å²) < 4.78 is 29.7. The van der Waals surface area contributed by atoms with E-state index in [0.29, 0.717) is 0 Å². The second-order valence-corrected chi connectivity index (χ2v) is 3.31. The van der Waals surface area contributed by atoms with Gasteiger partial charge in [0.2, 0.25) is 6.04 Å². The number of hydrogen-bond acceptors (Lipinski definition) is 5. The second kappa shape index (κ2) is 2.93. The molecule has 0 spiro atoms. The van der Waals surface area contributed by atoms with Gasteiger partial charge in [-0.05, 0) is 0 Å². The molecular weight excluding hydrogens is 162 g/mol. The Labute approximate surface area is 57.8 Å². The number of nitro groups is 1. The molecule has 0 radical (unpaired) electrons. The van der Waals surface area contributed by atoms with Crippen LogP contribution in [0.4, 0.5) is 0 Å². The number of rotatable bonds is 3. The van der Waals surface area contributed by atoms with Crippen molar-refractivity contribution in [1.29, 1.82) is 0 Å². The molecule has 0 saturated heterocycles. The topological polar surface area (TPSA) is 100 Å². The highest BCUT2D eigenvalue weighted by atomic mass is 32.2. The average molecular weight is 168 g/mol. The molecule has 0 aliphatic heterocycles. The van der Waals surface area contributed by atoms with Gasteiger partial charge in [-0.1, -0.05) is 0 Å². The normalized spacial score (nSPS) is 14.6. The van der Waals surface area contributed by atoms with Crippen molar-refractivity contribution in [2.24, 2.45) is 0 Å². The summed E-state index contributed by atoms with van der Waals surface area (Å²) in [5, 5.41) is 9.78. The van der Waals surface area contributed by atoms with Crippen LogP contribution in [0.3, 0.4) is 0 Å². The molecule has 0 saturated carbocycles. The van der Waals surface area contributed by atoms with Crippen molar-refractivity contribution in [3.05, 3.63) is 10.1 Å². The van der Waals surface area contributed by atoms with E-state index in [2.05, 4.69) is 0 Å². The van der Waals surface area contributed by atoms with E-state index in [0.717, 1.165) is 6.92 Å². The van der Waals surface area contributed by atoms with Crippen LogP contribution in [0.2, 0.25) is 0 Å². The number of hydrogen-bond donors (Lipinski definition) is 0. The predicted molar refractivity (Wildman–Crippen MR) is 31.0 cm³/mol. The smallest absolute Gasteiger partial charge is 0.223 e. The molecule has 1 unspecified atom stereocenters. The second-order valence-electron chi connectivity index (χ2n) is 1.86. The monoisotopic (exact) mass is 168 g/mol.